The molecule has 0 aliphatic heterocycles. The van der Waals surface area contributed by atoms with Crippen LogP contribution in [0.3, 0.4) is 0 Å². The molecule has 0 aliphatic rings. The van der Waals surface area contributed by atoms with E-state index in [0.717, 1.165) is 5.56 Å². The van der Waals surface area contributed by atoms with E-state index in [9.17, 15) is 14.4 Å². The molecule has 27 heavy (non-hydrogen) atoms. The van der Waals surface area contributed by atoms with Gasteiger partial charge in [0, 0.05) is 18.9 Å². The second kappa shape index (κ2) is 8.13. The third kappa shape index (κ3) is 4.22. The predicted octanol–water partition coefficient (Wildman–Crippen LogP) is 2.11. The molecule has 3 rings (SSSR count). The summed E-state index contributed by atoms with van der Waals surface area (Å²) >= 11 is 1.29. The second-order valence-corrected chi connectivity index (χ2v) is 6.79. The molecule has 0 amide bonds. The van der Waals surface area contributed by atoms with E-state index in [1.54, 1.807) is 37.4 Å². The van der Waals surface area contributed by atoms with Gasteiger partial charge in [-0.2, -0.15) is 5.10 Å². The quantitative estimate of drug-likeness (QED) is 0.603. The van der Waals surface area contributed by atoms with Crippen LogP contribution in [-0.2, 0) is 34.2 Å². The van der Waals surface area contributed by atoms with E-state index in [2.05, 4.69) is 9.84 Å². The summed E-state index contributed by atoms with van der Waals surface area (Å²) in [7, 11) is 2.89. The van der Waals surface area contributed by atoms with Gasteiger partial charge in [-0.3, -0.25) is 9.59 Å². The molecular weight excluding hydrogens is 368 g/mol. The molecule has 0 saturated heterocycles. The number of nitrogens with zero attached hydrogens (tertiary/aromatic N) is 2. The highest BCUT2D eigenvalue weighted by Crippen LogP contribution is 2.17. The highest BCUT2D eigenvalue weighted by atomic mass is 32.1. The van der Waals surface area contributed by atoms with Crippen molar-refractivity contribution in [3.8, 4) is 0 Å². The number of methoxy groups -OCH3 is 1. The van der Waals surface area contributed by atoms with E-state index in [4.69, 9.17) is 4.74 Å². The fourth-order valence-corrected chi connectivity index (χ4v) is 3.55. The number of benzene rings is 1. The molecule has 3 aromatic rings. The molecule has 0 bridgehead atoms. The summed E-state index contributed by atoms with van der Waals surface area (Å²) in [6, 6.07) is 8.78. The molecule has 2 heterocycles. The summed E-state index contributed by atoms with van der Waals surface area (Å²) in [5, 5.41) is 7.20. The Morgan fingerprint density at radius 2 is 1.96 bits per heavy atom. The van der Waals surface area contributed by atoms with Crippen LogP contribution >= 0.6 is 11.3 Å². The van der Waals surface area contributed by atoms with Crippen LogP contribution in [-0.4, -0.2) is 35.4 Å². The Bertz CT molecular complexity index is 1050. The van der Waals surface area contributed by atoms with Crippen molar-refractivity contribution in [1.82, 2.24) is 9.78 Å². The molecule has 140 valence electrons. The molecular formula is C19H18N2O5S. The molecule has 0 atom stereocenters. The zero-order chi connectivity index (χ0) is 19.4. The minimum Gasteiger partial charge on any atom is -0.465 e. The molecule has 2 aromatic heterocycles. The number of fused-ring (bicyclic) bond motifs is 1. The van der Waals surface area contributed by atoms with Crippen molar-refractivity contribution in [1.29, 1.82) is 0 Å². The molecule has 0 spiro atoms. The number of carbonyl (C=O) groups is 2. The topological polar surface area (TPSA) is 87.5 Å². The highest BCUT2D eigenvalue weighted by Gasteiger charge is 2.14. The number of thiophene rings is 1. The molecule has 7 nitrogen and oxygen atoms in total. The molecule has 0 saturated carbocycles. The van der Waals surface area contributed by atoms with Gasteiger partial charge in [-0.25, -0.2) is 9.48 Å². The van der Waals surface area contributed by atoms with Crippen molar-refractivity contribution in [2.24, 2.45) is 7.05 Å². The van der Waals surface area contributed by atoms with Crippen LogP contribution < -0.4 is 5.56 Å². The van der Waals surface area contributed by atoms with Crippen molar-refractivity contribution in [3.63, 3.8) is 0 Å². The third-order valence-corrected chi connectivity index (χ3v) is 5.00. The Labute approximate surface area is 159 Å². The van der Waals surface area contributed by atoms with Gasteiger partial charge < -0.3 is 9.47 Å². The van der Waals surface area contributed by atoms with Gasteiger partial charge in [-0.05, 0) is 23.1 Å². The zero-order valence-electron chi connectivity index (χ0n) is 14.9. The largest absolute Gasteiger partial charge is 0.465 e. The highest BCUT2D eigenvalue weighted by molar-refractivity contribution is 7.12. The summed E-state index contributed by atoms with van der Waals surface area (Å²) < 4.78 is 11.2. The maximum Gasteiger partial charge on any atom is 0.348 e. The van der Waals surface area contributed by atoms with Crippen LogP contribution in [0.1, 0.15) is 20.9 Å². The number of ether oxygens (including phenoxy) is 2. The second-order valence-electron chi connectivity index (χ2n) is 5.88. The first-order valence-electron chi connectivity index (χ1n) is 8.26. The number of esters is 2. The summed E-state index contributed by atoms with van der Waals surface area (Å²) in [6.07, 6.45) is 0.479. The van der Waals surface area contributed by atoms with Crippen molar-refractivity contribution >= 4 is 34.0 Å². The van der Waals surface area contributed by atoms with Crippen molar-refractivity contribution < 1.29 is 19.1 Å². The van der Waals surface area contributed by atoms with E-state index in [0.29, 0.717) is 27.8 Å². The Balaban J connectivity index is 1.62. The molecule has 0 radical (unpaired) electrons. The standard InChI is InChI=1S/C19H18N2O5S/c1-21-18(23)14-6-4-3-5-13(14)15(20-21)10-17(22)26-8-7-12-9-16(27-11-12)19(24)25-2/h3-6,9,11H,7-8,10H2,1-2H3. The summed E-state index contributed by atoms with van der Waals surface area (Å²) in [5.74, 6) is -0.800. The fraction of sp³-hybridized carbons (Fsp3) is 0.263. The number of aryl methyl sites for hydroxylation is 1. The summed E-state index contributed by atoms with van der Waals surface area (Å²) in [4.78, 5) is 36.3. The van der Waals surface area contributed by atoms with E-state index < -0.39 is 5.97 Å². The van der Waals surface area contributed by atoms with Gasteiger partial charge in [0.25, 0.3) is 5.56 Å². The van der Waals surface area contributed by atoms with Gasteiger partial charge in [0.15, 0.2) is 0 Å². The van der Waals surface area contributed by atoms with Crippen LogP contribution in [0.5, 0.6) is 0 Å². The van der Waals surface area contributed by atoms with Gasteiger partial charge >= 0.3 is 11.9 Å². The molecule has 0 aliphatic carbocycles. The lowest BCUT2D eigenvalue weighted by Gasteiger charge is -2.08. The number of hydrogen-bond acceptors (Lipinski definition) is 7. The van der Waals surface area contributed by atoms with Crippen LogP contribution in [0, 0.1) is 0 Å². The lowest BCUT2D eigenvalue weighted by Crippen LogP contribution is -2.23. The van der Waals surface area contributed by atoms with E-state index in [-0.39, 0.29) is 24.6 Å². The van der Waals surface area contributed by atoms with Gasteiger partial charge in [-0.1, -0.05) is 18.2 Å². The Kier molecular flexibility index (Phi) is 5.66. The first kappa shape index (κ1) is 18.8. The maximum atomic E-state index is 12.2. The maximum absolute atomic E-state index is 12.2. The monoisotopic (exact) mass is 386 g/mol. The molecule has 0 unspecified atom stereocenters. The van der Waals surface area contributed by atoms with Crippen molar-refractivity contribution in [2.45, 2.75) is 12.8 Å². The number of rotatable bonds is 6. The Morgan fingerprint density at radius 1 is 1.22 bits per heavy atom. The Hall–Kier alpha value is -3.00. The van der Waals surface area contributed by atoms with Crippen molar-refractivity contribution in [2.75, 3.05) is 13.7 Å². The summed E-state index contributed by atoms with van der Waals surface area (Å²) in [5.41, 5.74) is 1.20. The summed E-state index contributed by atoms with van der Waals surface area (Å²) in [6.45, 7) is 0.194. The number of hydrogen-bond donors (Lipinski definition) is 0. The Morgan fingerprint density at radius 3 is 2.70 bits per heavy atom. The van der Waals surface area contributed by atoms with Crippen LogP contribution in [0.4, 0.5) is 0 Å². The first-order chi connectivity index (χ1) is 13.0. The molecule has 8 heteroatoms. The molecule has 0 N–H and O–H groups in total. The fourth-order valence-electron chi connectivity index (χ4n) is 2.69. The van der Waals surface area contributed by atoms with Crippen LogP contribution in [0.15, 0.2) is 40.5 Å². The van der Waals surface area contributed by atoms with Crippen LogP contribution in [0.25, 0.3) is 10.8 Å². The average molecular weight is 386 g/mol. The zero-order valence-corrected chi connectivity index (χ0v) is 15.7. The SMILES string of the molecule is COC(=O)c1cc(CCOC(=O)Cc2nn(C)c(=O)c3ccccc23)cs1. The van der Waals surface area contributed by atoms with Gasteiger partial charge in [0.2, 0.25) is 0 Å². The van der Waals surface area contributed by atoms with Gasteiger partial charge in [0.05, 0.1) is 31.2 Å². The smallest absolute Gasteiger partial charge is 0.348 e. The minimum absolute atomic E-state index is 0.0221. The lowest BCUT2D eigenvalue weighted by atomic mass is 10.1. The predicted molar refractivity (Wildman–Crippen MR) is 101 cm³/mol. The number of carbonyl (C=O) groups excluding carboxylic acids is 2. The van der Waals surface area contributed by atoms with Crippen molar-refractivity contribution in [3.05, 3.63) is 62.2 Å². The number of aromatic nitrogens is 2. The van der Waals surface area contributed by atoms with Gasteiger partial charge in [0.1, 0.15) is 4.88 Å². The average Bonchev–Trinajstić information content (AvgIpc) is 3.14. The lowest BCUT2D eigenvalue weighted by molar-refractivity contribution is -0.142. The van der Waals surface area contributed by atoms with E-state index in [1.807, 2.05) is 5.38 Å². The van der Waals surface area contributed by atoms with Gasteiger partial charge in [-0.15, -0.1) is 11.3 Å². The molecule has 0 fully saturated rings. The van der Waals surface area contributed by atoms with E-state index in [1.165, 1.54) is 23.1 Å². The third-order valence-electron chi connectivity index (χ3n) is 4.04. The normalized spacial score (nSPS) is 10.7. The molecule has 1 aromatic carbocycles. The van der Waals surface area contributed by atoms with Crippen LogP contribution in [0.2, 0.25) is 0 Å². The minimum atomic E-state index is -0.422. The van der Waals surface area contributed by atoms with E-state index >= 15 is 0 Å². The first-order valence-corrected chi connectivity index (χ1v) is 9.14.